The van der Waals surface area contributed by atoms with Gasteiger partial charge in [-0.05, 0) is 26.3 Å². The number of amides is 1. The van der Waals surface area contributed by atoms with Crippen LogP contribution in [0.2, 0.25) is 0 Å². The van der Waals surface area contributed by atoms with Gasteiger partial charge in [-0.1, -0.05) is 13.3 Å². The highest BCUT2D eigenvalue weighted by Crippen LogP contribution is 2.07. The van der Waals surface area contributed by atoms with Crippen molar-refractivity contribution in [1.82, 2.24) is 15.1 Å². The third-order valence-corrected chi connectivity index (χ3v) is 3.83. The van der Waals surface area contributed by atoms with Gasteiger partial charge < -0.3 is 16.0 Å². The number of nitrogens with one attached hydrogen (secondary N) is 1. The number of hydrogen-bond donors (Lipinski definition) is 2. The van der Waals surface area contributed by atoms with Crippen molar-refractivity contribution in [2.45, 2.75) is 39.2 Å². The summed E-state index contributed by atoms with van der Waals surface area (Å²) in [6, 6.07) is -0.0188. The summed E-state index contributed by atoms with van der Waals surface area (Å²) in [5, 5.41) is 3.02. The number of carbonyl (C=O) groups excluding carboxylic acids is 1. The van der Waals surface area contributed by atoms with Crippen LogP contribution in [0.15, 0.2) is 0 Å². The summed E-state index contributed by atoms with van der Waals surface area (Å²) in [7, 11) is 0. The second kappa shape index (κ2) is 9.28. The van der Waals surface area contributed by atoms with E-state index in [-0.39, 0.29) is 11.9 Å². The van der Waals surface area contributed by atoms with E-state index < -0.39 is 0 Å². The first-order chi connectivity index (χ1) is 9.19. The van der Waals surface area contributed by atoms with E-state index in [1.165, 1.54) is 0 Å². The minimum atomic E-state index is -0.0188. The summed E-state index contributed by atoms with van der Waals surface area (Å²) in [5.74, 6) is 0.167. The second-order valence-electron chi connectivity index (χ2n) is 5.34. The summed E-state index contributed by atoms with van der Waals surface area (Å²) in [6.45, 7) is 10.7. The standard InChI is InChI=1S/C14H30N4O/c1-3-4-7-16-14(19)13(2)18-9-5-8-17(10-6-15)11-12-18/h13H,3-12,15H2,1-2H3,(H,16,19). The van der Waals surface area contributed by atoms with Gasteiger partial charge in [-0.15, -0.1) is 0 Å². The molecule has 1 aliphatic rings. The van der Waals surface area contributed by atoms with Crippen LogP contribution in [0.25, 0.3) is 0 Å². The summed E-state index contributed by atoms with van der Waals surface area (Å²) in [4.78, 5) is 16.7. The Morgan fingerprint density at radius 2 is 2.11 bits per heavy atom. The molecule has 0 bridgehead atoms. The second-order valence-corrected chi connectivity index (χ2v) is 5.34. The number of hydrogen-bond acceptors (Lipinski definition) is 4. The van der Waals surface area contributed by atoms with Gasteiger partial charge >= 0.3 is 0 Å². The van der Waals surface area contributed by atoms with Crippen molar-refractivity contribution in [1.29, 1.82) is 0 Å². The monoisotopic (exact) mass is 270 g/mol. The van der Waals surface area contributed by atoms with Crippen LogP contribution in [-0.4, -0.2) is 67.6 Å². The van der Waals surface area contributed by atoms with E-state index in [0.29, 0.717) is 6.54 Å². The molecule has 112 valence electrons. The predicted molar refractivity (Wildman–Crippen MR) is 79.1 cm³/mol. The van der Waals surface area contributed by atoms with Gasteiger partial charge in [0, 0.05) is 39.3 Å². The average Bonchev–Trinajstić information content (AvgIpc) is 2.64. The van der Waals surface area contributed by atoms with Crippen LogP contribution < -0.4 is 11.1 Å². The van der Waals surface area contributed by atoms with Crippen molar-refractivity contribution in [3.8, 4) is 0 Å². The normalized spacial score (nSPS) is 19.9. The Bertz CT molecular complexity index is 260. The van der Waals surface area contributed by atoms with Gasteiger partial charge in [0.15, 0.2) is 0 Å². The van der Waals surface area contributed by atoms with Gasteiger partial charge in [0.1, 0.15) is 0 Å². The number of rotatable bonds is 7. The Morgan fingerprint density at radius 3 is 2.79 bits per heavy atom. The summed E-state index contributed by atoms with van der Waals surface area (Å²) in [6.07, 6.45) is 3.29. The molecule has 1 fully saturated rings. The van der Waals surface area contributed by atoms with Crippen LogP contribution in [0.1, 0.15) is 33.1 Å². The van der Waals surface area contributed by atoms with Crippen LogP contribution in [0, 0.1) is 0 Å². The zero-order chi connectivity index (χ0) is 14.1. The molecule has 1 aliphatic heterocycles. The maximum absolute atomic E-state index is 12.1. The highest BCUT2D eigenvalue weighted by molar-refractivity contribution is 5.81. The number of nitrogens with zero attached hydrogens (tertiary/aromatic N) is 2. The van der Waals surface area contributed by atoms with E-state index in [1.54, 1.807) is 0 Å². The maximum atomic E-state index is 12.1. The number of carbonyl (C=O) groups is 1. The Labute approximate surface area is 117 Å². The van der Waals surface area contributed by atoms with E-state index in [0.717, 1.165) is 58.5 Å². The minimum absolute atomic E-state index is 0.0188. The zero-order valence-electron chi connectivity index (χ0n) is 12.5. The Morgan fingerprint density at radius 1 is 1.32 bits per heavy atom. The molecule has 3 N–H and O–H groups in total. The fourth-order valence-electron chi connectivity index (χ4n) is 2.49. The summed E-state index contributed by atoms with van der Waals surface area (Å²) < 4.78 is 0. The number of unbranched alkanes of at least 4 members (excludes halogenated alkanes) is 1. The molecule has 1 amide bonds. The molecular formula is C14H30N4O. The average molecular weight is 270 g/mol. The lowest BCUT2D eigenvalue weighted by atomic mass is 10.2. The third kappa shape index (κ3) is 5.89. The van der Waals surface area contributed by atoms with Crippen LogP contribution in [0.5, 0.6) is 0 Å². The molecule has 0 aromatic rings. The SMILES string of the molecule is CCCCNC(=O)C(C)N1CCCN(CCN)CC1. The summed E-state index contributed by atoms with van der Waals surface area (Å²) >= 11 is 0. The van der Waals surface area contributed by atoms with Gasteiger partial charge in [0.2, 0.25) is 5.91 Å². The van der Waals surface area contributed by atoms with E-state index in [4.69, 9.17) is 5.73 Å². The molecule has 1 atom stereocenters. The van der Waals surface area contributed by atoms with Gasteiger partial charge in [0.05, 0.1) is 6.04 Å². The topological polar surface area (TPSA) is 61.6 Å². The highest BCUT2D eigenvalue weighted by Gasteiger charge is 2.23. The number of nitrogens with two attached hydrogens (primary N) is 1. The fourth-order valence-corrected chi connectivity index (χ4v) is 2.49. The maximum Gasteiger partial charge on any atom is 0.237 e. The first kappa shape index (κ1) is 16.4. The van der Waals surface area contributed by atoms with Gasteiger partial charge in [-0.2, -0.15) is 0 Å². The van der Waals surface area contributed by atoms with E-state index in [1.807, 2.05) is 6.92 Å². The molecule has 5 nitrogen and oxygen atoms in total. The minimum Gasteiger partial charge on any atom is -0.355 e. The lowest BCUT2D eigenvalue weighted by Gasteiger charge is -2.27. The molecule has 1 heterocycles. The molecule has 0 saturated carbocycles. The van der Waals surface area contributed by atoms with Gasteiger partial charge in [-0.25, -0.2) is 0 Å². The molecule has 19 heavy (non-hydrogen) atoms. The first-order valence-corrected chi connectivity index (χ1v) is 7.63. The highest BCUT2D eigenvalue weighted by atomic mass is 16.2. The predicted octanol–water partition coefficient (Wildman–Crippen LogP) is 0.258. The van der Waals surface area contributed by atoms with Crippen molar-refractivity contribution in [3.63, 3.8) is 0 Å². The molecular weight excluding hydrogens is 240 g/mol. The van der Waals surface area contributed by atoms with Crippen LogP contribution in [-0.2, 0) is 4.79 Å². The Kier molecular flexibility index (Phi) is 8.02. The fraction of sp³-hybridized carbons (Fsp3) is 0.929. The van der Waals surface area contributed by atoms with Crippen LogP contribution in [0.4, 0.5) is 0 Å². The van der Waals surface area contributed by atoms with Gasteiger partial charge in [-0.3, -0.25) is 9.69 Å². The van der Waals surface area contributed by atoms with Crippen molar-refractivity contribution in [2.24, 2.45) is 5.73 Å². The van der Waals surface area contributed by atoms with E-state index in [2.05, 4.69) is 22.0 Å². The molecule has 1 saturated heterocycles. The molecule has 0 spiro atoms. The van der Waals surface area contributed by atoms with Crippen LogP contribution >= 0.6 is 0 Å². The smallest absolute Gasteiger partial charge is 0.237 e. The van der Waals surface area contributed by atoms with E-state index >= 15 is 0 Å². The van der Waals surface area contributed by atoms with Crippen molar-refractivity contribution >= 4 is 5.91 Å². The van der Waals surface area contributed by atoms with Crippen molar-refractivity contribution in [3.05, 3.63) is 0 Å². The molecule has 0 radical (unpaired) electrons. The Balaban J connectivity index is 2.35. The first-order valence-electron chi connectivity index (χ1n) is 7.63. The third-order valence-electron chi connectivity index (χ3n) is 3.83. The quantitative estimate of drug-likeness (QED) is 0.651. The van der Waals surface area contributed by atoms with Crippen molar-refractivity contribution in [2.75, 3.05) is 45.8 Å². The Hall–Kier alpha value is -0.650. The van der Waals surface area contributed by atoms with Crippen molar-refractivity contribution < 1.29 is 4.79 Å². The molecule has 5 heteroatoms. The van der Waals surface area contributed by atoms with Crippen LogP contribution in [0.3, 0.4) is 0 Å². The molecule has 1 rings (SSSR count). The lowest BCUT2D eigenvalue weighted by molar-refractivity contribution is -0.125. The zero-order valence-corrected chi connectivity index (χ0v) is 12.5. The summed E-state index contributed by atoms with van der Waals surface area (Å²) in [5.41, 5.74) is 5.60. The molecule has 0 aliphatic carbocycles. The largest absolute Gasteiger partial charge is 0.355 e. The molecule has 1 unspecified atom stereocenters. The molecule has 0 aromatic heterocycles. The molecule has 0 aromatic carbocycles. The lowest BCUT2D eigenvalue weighted by Crippen LogP contribution is -2.46. The van der Waals surface area contributed by atoms with Gasteiger partial charge in [0.25, 0.3) is 0 Å². The van der Waals surface area contributed by atoms with E-state index in [9.17, 15) is 4.79 Å².